The zero-order chi connectivity index (χ0) is 17.1. The summed E-state index contributed by atoms with van der Waals surface area (Å²) in [5.74, 6) is 1.78. The predicted molar refractivity (Wildman–Crippen MR) is 87.5 cm³/mol. The van der Waals surface area contributed by atoms with E-state index in [-0.39, 0.29) is 5.91 Å². The average Bonchev–Trinajstić information content (AvgIpc) is 3.00. The number of amides is 1. The van der Waals surface area contributed by atoms with Crippen molar-refractivity contribution in [1.82, 2.24) is 35.1 Å². The highest BCUT2D eigenvalue weighted by atomic mass is 16.2. The summed E-state index contributed by atoms with van der Waals surface area (Å²) in [5.41, 5.74) is 1.83. The molecule has 1 saturated heterocycles. The topological polar surface area (TPSA) is 92.9 Å². The van der Waals surface area contributed by atoms with E-state index in [1.54, 1.807) is 10.9 Å². The van der Waals surface area contributed by atoms with E-state index in [9.17, 15) is 4.79 Å². The normalized spacial score (nSPS) is 15.0. The SMILES string of the molecule is Cc1cnc(C)c(N2CCN(C(=O)CCn3nnnc3C)CC2)n1. The maximum atomic E-state index is 12.4. The standard InChI is InChI=1S/C15H22N8O/c1-11-10-16-12(2)15(17-11)22-8-6-21(7-9-22)14(24)4-5-23-13(3)18-19-20-23/h10H,4-9H2,1-3H3. The molecule has 0 N–H and O–H groups in total. The number of carbonyl (C=O) groups is 1. The molecule has 0 atom stereocenters. The summed E-state index contributed by atoms with van der Waals surface area (Å²) in [4.78, 5) is 25.4. The summed E-state index contributed by atoms with van der Waals surface area (Å²) in [6, 6.07) is 0. The number of tetrazole rings is 1. The van der Waals surface area contributed by atoms with Gasteiger partial charge in [-0.1, -0.05) is 0 Å². The summed E-state index contributed by atoms with van der Waals surface area (Å²) in [6.07, 6.45) is 2.19. The van der Waals surface area contributed by atoms with E-state index < -0.39 is 0 Å². The molecule has 0 bridgehead atoms. The minimum atomic E-state index is 0.136. The maximum Gasteiger partial charge on any atom is 0.224 e. The molecule has 2 aromatic rings. The van der Waals surface area contributed by atoms with Gasteiger partial charge in [0.05, 0.1) is 17.9 Å². The molecule has 9 heteroatoms. The van der Waals surface area contributed by atoms with E-state index in [1.165, 1.54) is 0 Å². The lowest BCUT2D eigenvalue weighted by Gasteiger charge is -2.36. The van der Waals surface area contributed by atoms with Crippen molar-refractivity contribution in [2.45, 2.75) is 33.7 Å². The average molecular weight is 330 g/mol. The second-order valence-electron chi connectivity index (χ2n) is 5.99. The van der Waals surface area contributed by atoms with Gasteiger partial charge < -0.3 is 9.80 Å². The Balaban J connectivity index is 1.54. The molecule has 0 saturated carbocycles. The van der Waals surface area contributed by atoms with Crippen LogP contribution in [-0.4, -0.2) is 67.2 Å². The minimum absolute atomic E-state index is 0.136. The van der Waals surface area contributed by atoms with Crippen molar-refractivity contribution < 1.29 is 4.79 Å². The number of aryl methyl sites for hydroxylation is 4. The fourth-order valence-electron chi connectivity index (χ4n) is 2.81. The minimum Gasteiger partial charge on any atom is -0.352 e. The largest absolute Gasteiger partial charge is 0.352 e. The second kappa shape index (κ2) is 6.90. The number of hydrogen-bond acceptors (Lipinski definition) is 7. The van der Waals surface area contributed by atoms with Crippen LogP contribution in [0.15, 0.2) is 6.20 Å². The Hall–Kier alpha value is -2.58. The van der Waals surface area contributed by atoms with Gasteiger partial charge in [-0.05, 0) is 31.2 Å². The molecule has 0 aliphatic carbocycles. The Kier molecular flexibility index (Phi) is 4.68. The van der Waals surface area contributed by atoms with Crippen LogP contribution in [0.1, 0.15) is 23.6 Å². The Labute approximate surface area is 140 Å². The third kappa shape index (κ3) is 3.50. The van der Waals surface area contributed by atoms with Gasteiger partial charge >= 0.3 is 0 Å². The molecule has 1 amide bonds. The van der Waals surface area contributed by atoms with Crippen LogP contribution in [0.4, 0.5) is 5.82 Å². The number of piperazine rings is 1. The summed E-state index contributed by atoms with van der Waals surface area (Å²) in [5, 5.41) is 11.3. The van der Waals surface area contributed by atoms with Crippen LogP contribution >= 0.6 is 0 Å². The van der Waals surface area contributed by atoms with Gasteiger partial charge in [-0.2, -0.15) is 0 Å². The monoisotopic (exact) mass is 330 g/mol. The zero-order valence-electron chi connectivity index (χ0n) is 14.3. The van der Waals surface area contributed by atoms with Gasteiger partial charge in [0, 0.05) is 38.8 Å². The van der Waals surface area contributed by atoms with Gasteiger partial charge in [0.2, 0.25) is 5.91 Å². The highest BCUT2D eigenvalue weighted by molar-refractivity contribution is 5.76. The van der Waals surface area contributed by atoms with Crippen LogP contribution in [0.25, 0.3) is 0 Å². The lowest BCUT2D eigenvalue weighted by atomic mass is 10.2. The number of hydrogen-bond donors (Lipinski definition) is 0. The maximum absolute atomic E-state index is 12.4. The number of aromatic nitrogens is 6. The van der Waals surface area contributed by atoms with Crippen molar-refractivity contribution in [1.29, 1.82) is 0 Å². The Morgan fingerprint density at radius 2 is 1.92 bits per heavy atom. The van der Waals surface area contributed by atoms with Crippen molar-refractivity contribution in [2.75, 3.05) is 31.1 Å². The molecule has 2 aromatic heterocycles. The lowest BCUT2D eigenvalue weighted by molar-refractivity contribution is -0.131. The van der Waals surface area contributed by atoms with Gasteiger partial charge in [0.1, 0.15) is 11.6 Å². The van der Waals surface area contributed by atoms with Crippen LogP contribution in [-0.2, 0) is 11.3 Å². The summed E-state index contributed by atoms with van der Waals surface area (Å²) in [6.45, 7) is 9.19. The molecular formula is C15H22N8O. The van der Waals surface area contributed by atoms with Gasteiger partial charge in [0.25, 0.3) is 0 Å². The van der Waals surface area contributed by atoms with Gasteiger partial charge in [-0.15, -0.1) is 5.10 Å². The molecule has 1 aliphatic heterocycles. The molecule has 0 spiro atoms. The van der Waals surface area contributed by atoms with Gasteiger partial charge in [0.15, 0.2) is 0 Å². The highest BCUT2D eigenvalue weighted by Crippen LogP contribution is 2.17. The quantitative estimate of drug-likeness (QED) is 0.786. The van der Waals surface area contributed by atoms with E-state index >= 15 is 0 Å². The highest BCUT2D eigenvalue weighted by Gasteiger charge is 2.23. The Bertz CT molecular complexity index is 720. The van der Waals surface area contributed by atoms with Crippen molar-refractivity contribution in [3.8, 4) is 0 Å². The summed E-state index contributed by atoms with van der Waals surface area (Å²) >= 11 is 0. The molecule has 3 heterocycles. The fourth-order valence-corrected chi connectivity index (χ4v) is 2.81. The molecule has 24 heavy (non-hydrogen) atoms. The number of anilines is 1. The molecule has 0 unspecified atom stereocenters. The van der Waals surface area contributed by atoms with E-state index in [2.05, 4.69) is 30.4 Å². The number of rotatable bonds is 4. The van der Waals surface area contributed by atoms with Crippen LogP contribution in [0.5, 0.6) is 0 Å². The van der Waals surface area contributed by atoms with Crippen LogP contribution in [0.2, 0.25) is 0 Å². The molecular weight excluding hydrogens is 308 g/mol. The first-order valence-electron chi connectivity index (χ1n) is 8.10. The van der Waals surface area contributed by atoms with Gasteiger partial charge in [-0.25, -0.2) is 9.67 Å². The summed E-state index contributed by atoms with van der Waals surface area (Å²) in [7, 11) is 0. The van der Waals surface area contributed by atoms with Crippen LogP contribution < -0.4 is 4.90 Å². The Morgan fingerprint density at radius 1 is 1.17 bits per heavy atom. The van der Waals surface area contributed by atoms with Gasteiger partial charge in [-0.3, -0.25) is 9.78 Å². The van der Waals surface area contributed by atoms with Crippen molar-refractivity contribution in [3.05, 3.63) is 23.4 Å². The van der Waals surface area contributed by atoms with Crippen molar-refractivity contribution in [3.63, 3.8) is 0 Å². The van der Waals surface area contributed by atoms with Crippen LogP contribution in [0, 0.1) is 20.8 Å². The van der Waals surface area contributed by atoms with E-state index in [1.807, 2.05) is 25.7 Å². The molecule has 0 aromatic carbocycles. The predicted octanol–water partition coefficient (Wildman–Crippen LogP) is 0.127. The summed E-state index contributed by atoms with van der Waals surface area (Å²) < 4.78 is 1.65. The number of nitrogens with zero attached hydrogens (tertiary/aromatic N) is 8. The third-order valence-corrected chi connectivity index (χ3v) is 4.23. The van der Waals surface area contributed by atoms with E-state index in [0.29, 0.717) is 26.1 Å². The first-order valence-corrected chi connectivity index (χ1v) is 8.10. The Morgan fingerprint density at radius 3 is 2.58 bits per heavy atom. The third-order valence-electron chi connectivity index (χ3n) is 4.23. The molecule has 9 nitrogen and oxygen atoms in total. The second-order valence-corrected chi connectivity index (χ2v) is 5.99. The van der Waals surface area contributed by atoms with Crippen LogP contribution in [0.3, 0.4) is 0 Å². The first-order chi connectivity index (χ1) is 11.5. The zero-order valence-corrected chi connectivity index (χ0v) is 14.3. The van der Waals surface area contributed by atoms with E-state index in [4.69, 9.17) is 0 Å². The molecule has 1 aliphatic rings. The molecule has 128 valence electrons. The molecule has 0 radical (unpaired) electrons. The van der Waals surface area contributed by atoms with Crippen molar-refractivity contribution in [2.24, 2.45) is 0 Å². The fraction of sp³-hybridized carbons (Fsp3) is 0.600. The van der Waals surface area contributed by atoms with E-state index in [0.717, 1.165) is 36.1 Å². The lowest BCUT2D eigenvalue weighted by Crippen LogP contribution is -2.49. The smallest absolute Gasteiger partial charge is 0.224 e. The molecule has 1 fully saturated rings. The molecule has 3 rings (SSSR count). The number of carbonyl (C=O) groups excluding carboxylic acids is 1. The van der Waals surface area contributed by atoms with Crippen molar-refractivity contribution >= 4 is 11.7 Å². The first kappa shape index (κ1) is 16.3.